The number of nitrogens with zero attached hydrogens (tertiary/aromatic N) is 2. The van der Waals surface area contributed by atoms with Gasteiger partial charge in [0.1, 0.15) is 5.82 Å². The zero-order valence-corrected chi connectivity index (χ0v) is 17.1. The monoisotopic (exact) mass is 398 g/mol. The van der Waals surface area contributed by atoms with E-state index in [4.69, 9.17) is 4.99 Å². The van der Waals surface area contributed by atoms with Crippen LogP contribution in [0.25, 0.3) is 0 Å². The van der Waals surface area contributed by atoms with Crippen molar-refractivity contribution in [3.8, 4) is 0 Å². The van der Waals surface area contributed by atoms with Crippen LogP contribution in [0.15, 0.2) is 89.9 Å². The van der Waals surface area contributed by atoms with E-state index in [0.29, 0.717) is 11.5 Å². The Kier molecular flexibility index (Phi) is 5.46. The second-order valence-corrected chi connectivity index (χ2v) is 8.45. The van der Waals surface area contributed by atoms with Crippen LogP contribution >= 0.6 is 0 Å². The van der Waals surface area contributed by atoms with Crippen LogP contribution in [0.2, 0.25) is 0 Å². The van der Waals surface area contributed by atoms with E-state index in [1.54, 1.807) is 18.3 Å². The molecule has 0 unspecified atom stereocenters. The maximum absolute atomic E-state index is 14.2. The molecule has 3 heterocycles. The van der Waals surface area contributed by atoms with Crippen LogP contribution in [0.3, 0.4) is 0 Å². The molecule has 0 N–H and O–H groups in total. The fourth-order valence-corrected chi connectivity index (χ4v) is 5.33. The number of benzene rings is 3. The van der Waals surface area contributed by atoms with E-state index in [0.717, 1.165) is 13.1 Å². The van der Waals surface area contributed by atoms with Crippen molar-refractivity contribution >= 4 is 6.21 Å². The summed E-state index contributed by atoms with van der Waals surface area (Å²) in [5.74, 6) is 0.595. The zero-order chi connectivity index (χ0) is 20.3. The first-order valence-electron chi connectivity index (χ1n) is 10.9. The van der Waals surface area contributed by atoms with Gasteiger partial charge in [-0.3, -0.25) is 9.89 Å². The van der Waals surface area contributed by atoms with Crippen LogP contribution in [-0.2, 0) is 0 Å². The lowest BCUT2D eigenvalue weighted by molar-refractivity contribution is 0.0215. The molecule has 3 aromatic carbocycles. The summed E-state index contributed by atoms with van der Waals surface area (Å²) < 4.78 is 14.2. The number of halogens is 1. The summed E-state index contributed by atoms with van der Waals surface area (Å²) >= 11 is 0. The molecule has 3 aliphatic rings. The van der Waals surface area contributed by atoms with Crippen LogP contribution in [0.1, 0.15) is 35.4 Å². The fraction of sp³-hybridized carbons (Fsp3) is 0.296. The van der Waals surface area contributed by atoms with Gasteiger partial charge in [-0.05, 0) is 49.0 Å². The molecule has 0 spiro atoms. The van der Waals surface area contributed by atoms with Crippen molar-refractivity contribution in [2.24, 2.45) is 10.9 Å². The molecule has 0 radical (unpaired) electrons. The summed E-state index contributed by atoms with van der Waals surface area (Å²) in [6.07, 6.45) is 4.11. The zero-order valence-electron chi connectivity index (χ0n) is 17.1. The van der Waals surface area contributed by atoms with Crippen molar-refractivity contribution < 1.29 is 4.39 Å². The van der Waals surface area contributed by atoms with E-state index in [9.17, 15) is 4.39 Å². The average molecular weight is 399 g/mol. The van der Waals surface area contributed by atoms with Gasteiger partial charge >= 0.3 is 0 Å². The molecule has 0 amide bonds. The molecule has 0 aliphatic carbocycles. The summed E-state index contributed by atoms with van der Waals surface area (Å²) in [5, 5.41) is 0. The number of hydrogen-bond acceptors (Lipinski definition) is 2. The number of hydrogen-bond donors (Lipinski definition) is 0. The number of rotatable bonds is 5. The van der Waals surface area contributed by atoms with Gasteiger partial charge in [-0.15, -0.1) is 0 Å². The molecule has 0 saturated carbocycles. The SMILES string of the molecule is Fc1ccccc1C=N[C@@H]1C2CCN(CC2)[C@H]1C(c1ccccc1)c1ccccc1. The molecule has 2 atom stereocenters. The Hall–Kier alpha value is -2.78. The van der Waals surface area contributed by atoms with Gasteiger partial charge < -0.3 is 0 Å². The van der Waals surface area contributed by atoms with Gasteiger partial charge in [-0.2, -0.15) is 0 Å². The lowest BCUT2D eigenvalue weighted by atomic mass is 9.71. The van der Waals surface area contributed by atoms with Crippen molar-refractivity contribution in [1.29, 1.82) is 0 Å². The molecule has 3 fully saturated rings. The summed E-state index contributed by atoms with van der Waals surface area (Å²) in [6, 6.07) is 28.9. The van der Waals surface area contributed by atoms with Gasteiger partial charge in [-0.25, -0.2) is 4.39 Å². The Morgan fingerprint density at radius 2 is 1.37 bits per heavy atom. The van der Waals surface area contributed by atoms with E-state index in [1.165, 1.54) is 30.0 Å². The highest BCUT2D eigenvalue weighted by Crippen LogP contribution is 2.43. The molecule has 3 heteroatoms. The van der Waals surface area contributed by atoms with E-state index in [-0.39, 0.29) is 23.8 Å². The third kappa shape index (κ3) is 3.70. The first-order chi connectivity index (χ1) is 14.8. The van der Waals surface area contributed by atoms with Gasteiger partial charge in [0.15, 0.2) is 0 Å². The predicted molar refractivity (Wildman–Crippen MR) is 121 cm³/mol. The molecule has 6 rings (SSSR count). The van der Waals surface area contributed by atoms with Crippen LogP contribution in [-0.4, -0.2) is 36.3 Å². The lowest BCUT2D eigenvalue weighted by Crippen LogP contribution is -2.59. The molecule has 2 bridgehead atoms. The first kappa shape index (κ1) is 19.2. The molecule has 3 saturated heterocycles. The summed E-state index contributed by atoms with van der Waals surface area (Å²) in [6.45, 7) is 2.24. The second kappa shape index (κ2) is 8.53. The summed E-state index contributed by atoms with van der Waals surface area (Å²) in [4.78, 5) is 7.66. The topological polar surface area (TPSA) is 15.6 Å². The molecule has 3 aromatic rings. The maximum Gasteiger partial charge on any atom is 0.131 e. The van der Waals surface area contributed by atoms with Gasteiger partial charge in [0.25, 0.3) is 0 Å². The fourth-order valence-electron chi connectivity index (χ4n) is 5.33. The number of fused-ring (bicyclic) bond motifs is 3. The average Bonchev–Trinajstić information content (AvgIpc) is 2.81. The van der Waals surface area contributed by atoms with E-state index in [2.05, 4.69) is 65.6 Å². The van der Waals surface area contributed by atoms with E-state index >= 15 is 0 Å². The summed E-state index contributed by atoms with van der Waals surface area (Å²) in [7, 11) is 0. The second-order valence-electron chi connectivity index (χ2n) is 8.45. The molecule has 0 aromatic heterocycles. The van der Waals surface area contributed by atoms with Crippen molar-refractivity contribution in [3.05, 3.63) is 107 Å². The van der Waals surface area contributed by atoms with Crippen LogP contribution in [0.4, 0.5) is 4.39 Å². The van der Waals surface area contributed by atoms with E-state index < -0.39 is 0 Å². The molecular formula is C27H27FN2. The minimum absolute atomic E-state index is 0.164. The standard InChI is InChI=1S/C27H27FN2/c28-24-14-8-7-13-23(24)19-29-26-22-15-17-30(18-16-22)27(26)25(20-9-3-1-4-10-20)21-11-5-2-6-12-21/h1-14,19,22,25-27H,15-18H2/t26-,27+/m1/s1. The smallest absolute Gasteiger partial charge is 0.131 e. The highest BCUT2D eigenvalue weighted by molar-refractivity contribution is 5.80. The highest BCUT2D eigenvalue weighted by Gasteiger charge is 2.46. The van der Waals surface area contributed by atoms with Gasteiger partial charge in [-0.1, -0.05) is 78.9 Å². The minimum atomic E-state index is -0.207. The molecule has 30 heavy (non-hydrogen) atoms. The first-order valence-corrected chi connectivity index (χ1v) is 10.9. The van der Waals surface area contributed by atoms with Crippen LogP contribution in [0.5, 0.6) is 0 Å². The molecule has 2 nitrogen and oxygen atoms in total. The Morgan fingerprint density at radius 1 is 0.800 bits per heavy atom. The Labute approximate surface area is 178 Å². The lowest BCUT2D eigenvalue weighted by Gasteiger charge is -2.52. The number of aliphatic imine (C=N–C) groups is 1. The Bertz CT molecular complexity index is 954. The molecular weight excluding hydrogens is 371 g/mol. The van der Waals surface area contributed by atoms with Crippen LogP contribution < -0.4 is 0 Å². The van der Waals surface area contributed by atoms with Gasteiger partial charge in [0, 0.05) is 23.7 Å². The third-order valence-corrected chi connectivity index (χ3v) is 6.78. The van der Waals surface area contributed by atoms with Crippen molar-refractivity contribution in [2.45, 2.75) is 30.8 Å². The van der Waals surface area contributed by atoms with Crippen molar-refractivity contribution in [1.82, 2.24) is 4.90 Å². The van der Waals surface area contributed by atoms with Crippen LogP contribution in [0, 0.1) is 11.7 Å². The third-order valence-electron chi connectivity index (χ3n) is 6.78. The van der Waals surface area contributed by atoms with E-state index in [1.807, 2.05) is 6.07 Å². The molecule has 152 valence electrons. The van der Waals surface area contributed by atoms with Gasteiger partial charge in [0.2, 0.25) is 0 Å². The Morgan fingerprint density at radius 3 is 1.97 bits per heavy atom. The maximum atomic E-state index is 14.2. The highest BCUT2D eigenvalue weighted by atomic mass is 19.1. The predicted octanol–water partition coefficient (Wildman–Crippen LogP) is 5.54. The van der Waals surface area contributed by atoms with Crippen molar-refractivity contribution in [2.75, 3.05) is 13.1 Å². The summed E-state index contributed by atoms with van der Waals surface area (Å²) in [5.41, 5.74) is 3.23. The quantitative estimate of drug-likeness (QED) is 0.515. The minimum Gasteiger partial charge on any atom is -0.297 e. The normalized spacial score (nSPS) is 25.8. The number of piperidine rings is 3. The molecule has 3 aliphatic heterocycles. The largest absolute Gasteiger partial charge is 0.297 e. The van der Waals surface area contributed by atoms with Gasteiger partial charge in [0.05, 0.1) is 6.04 Å². The Balaban J connectivity index is 1.56. The van der Waals surface area contributed by atoms with Crippen molar-refractivity contribution in [3.63, 3.8) is 0 Å².